The Balaban J connectivity index is 1.89. The van der Waals surface area contributed by atoms with E-state index in [1.54, 1.807) is 12.1 Å². The zero-order valence-corrected chi connectivity index (χ0v) is 14.0. The average Bonchev–Trinajstić information content (AvgIpc) is 2.51. The van der Waals surface area contributed by atoms with Gasteiger partial charge in [0.15, 0.2) is 5.82 Å². The Morgan fingerprint density at radius 1 is 1.09 bits per heavy atom. The van der Waals surface area contributed by atoms with Gasteiger partial charge in [0.1, 0.15) is 5.03 Å². The summed E-state index contributed by atoms with van der Waals surface area (Å²) in [6.45, 7) is 5.39. The van der Waals surface area contributed by atoms with Gasteiger partial charge in [-0.3, -0.25) is 9.59 Å². The van der Waals surface area contributed by atoms with Gasteiger partial charge in [-0.25, -0.2) is 0 Å². The number of amides is 2. The van der Waals surface area contributed by atoms with E-state index < -0.39 is 0 Å². The van der Waals surface area contributed by atoms with Crippen LogP contribution in [0.25, 0.3) is 0 Å². The number of hydrogen-bond donors (Lipinski definition) is 2. The van der Waals surface area contributed by atoms with E-state index in [-0.39, 0.29) is 17.6 Å². The predicted molar refractivity (Wildman–Crippen MR) is 91.6 cm³/mol. The van der Waals surface area contributed by atoms with Crippen LogP contribution in [-0.4, -0.2) is 27.8 Å². The highest BCUT2D eigenvalue weighted by Crippen LogP contribution is 2.20. The first-order chi connectivity index (χ1) is 11.0. The number of nitrogens with zero attached hydrogens (tertiary/aromatic N) is 2. The largest absolute Gasteiger partial charge is 0.325 e. The van der Waals surface area contributed by atoms with Crippen molar-refractivity contribution in [3.63, 3.8) is 0 Å². The Bertz CT molecular complexity index is 717. The van der Waals surface area contributed by atoms with E-state index in [0.29, 0.717) is 10.8 Å². The second-order valence-corrected chi connectivity index (χ2v) is 6.02. The molecule has 0 unspecified atom stereocenters. The number of rotatable bonds is 5. The maximum absolute atomic E-state index is 12.0. The smallest absolute Gasteiger partial charge is 0.234 e. The Labute approximate surface area is 139 Å². The van der Waals surface area contributed by atoms with Gasteiger partial charge in [0, 0.05) is 12.6 Å². The van der Waals surface area contributed by atoms with Crippen LogP contribution in [0, 0.1) is 13.8 Å². The Morgan fingerprint density at radius 2 is 1.87 bits per heavy atom. The van der Waals surface area contributed by atoms with Crippen molar-refractivity contribution in [3.8, 4) is 0 Å². The number of carbonyl (C=O) groups excluding carboxylic acids is 2. The first kappa shape index (κ1) is 17.0. The van der Waals surface area contributed by atoms with E-state index in [2.05, 4.69) is 20.8 Å². The lowest BCUT2D eigenvalue weighted by Gasteiger charge is -2.10. The van der Waals surface area contributed by atoms with Crippen molar-refractivity contribution in [1.29, 1.82) is 0 Å². The SMILES string of the molecule is CC(=O)Nc1ccc(SCC(=O)Nc2cccc(C)c2C)nn1. The number of hydrogen-bond acceptors (Lipinski definition) is 5. The molecule has 0 aliphatic rings. The Hall–Kier alpha value is -2.41. The van der Waals surface area contributed by atoms with Crippen LogP contribution in [-0.2, 0) is 9.59 Å². The third-order valence-electron chi connectivity index (χ3n) is 3.17. The van der Waals surface area contributed by atoms with Gasteiger partial charge in [-0.05, 0) is 43.2 Å². The second kappa shape index (κ2) is 7.73. The summed E-state index contributed by atoms with van der Waals surface area (Å²) in [5, 5.41) is 13.9. The number of carbonyl (C=O) groups is 2. The first-order valence-electron chi connectivity index (χ1n) is 7.06. The van der Waals surface area contributed by atoms with Crippen LogP contribution in [0.4, 0.5) is 11.5 Å². The molecule has 0 aliphatic carbocycles. The van der Waals surface area contributed by atoms with Crippen molar-refractivity contribution in [1.82, 2.24) is 10.2 Å². The highest BCUT2D eigenvalue weighted by molar-refractivity contribution is 7.99. The molecular weight excluding hydrogens is 312 g/mol. The minimum Gasteiger partial charge on any atom is -0.325 e. The highest BCUT2D eigenvalue weighted by Gasteiger charge is 2.08. The molecule has 0 bridgehead atoms. The molecule has 2 aromatic rings. The van der Waals surface area contributed by atoms with Gasteiger partial charge in [0.2, 0.25) is 11.8 Å². The van der Waals surface area contributed by atoms with Crippen LogP contribution in [0.1, 0.15) is 18.1 Å². The van der Waals surface area contributed by atoms with Crippen LogP contribution in [0.2, 0.25) is 0 Å². The normalized spacial score (nSPS) is 10.2. The summed E-state index contributed by atoms with van der Waals surface area (Å²) < 4.78 is 0. The standard InChI is InChI=1S/C16H18N4O2S/c1-10-5-4-6-13(11(10)2)18-15(22)9-23-16-8-7-14(19-20-16)17-12(3)21/h4-8H,9H2,1-3H3,(H,18,22)(H,17,19,21). The minimum atomic E-state index is -0.201. The Morgan fingerprint density at radius 3 is 2.52 bits per heavy atom. The van der Waals surface area contributed by atoms with Gasteiger partial charge in [-0.15, -0.1) is 10.2 Å². The number of thioether (sulfide) groups is 1. The minimum absolute atomic E-state index is 0.101. The summed E-state index contributed by atoms with van der Waals surface area (Å²) in [4.78, 5) is 22.9. The molecule has 1 aromatic heterocycles. The number of nitrogens with one attached hydrogen (secondary N) is 2. The molecule has 1 aromatic carbocycles. The lowest BCUT2D eigenvalue weighted by atomic mass is 10.1. The molecule has 7 heteroatoms. The topological polar surface area (TPSA) is 84.0 Å². The van der Waals surface area contributed by atoms with Gasteiger partial charge in [-0.1, -0.05) is 23.9 Å². The first-order valence-corrected chi connectivity index (χ1v) is 8.04. The fourth-order valence-electron chi connectivity index (χ4n) is 1.86. The van der Waals surface area contributed by atoms with Crippen LogP contribution < -0.4 is 10.6 Å². The van der Waals surface area contributed by atoms with Gasteiger partial charge in [0.25, 0.3) is 0 Å². The second-order valence-electron chi connectivity index (χ2n) is 5.02. The van der Waals surface area contributed by atoms with Gasteiger partial charge >= 0.3 is 0 Å². The molecule has 0 radical (unpaired) electrons. The molecule has 0 fully saturated rings. The van der Waals surface area contributed by atoms with E-state index in [0.717, 1.165) is 16.8 Å². The molecule has 23 heavy (non-hydrogen) atoms. The van der Waals surface area contributed by atoms with Crippen LogP contribution in [0.3, 0.4) is 0 Å². The summed E-state index contributed by atoms with van der Waals surface area (Å²) in [5.74, 6) is 0.326. The predicted octanol–water partition coefficient (Wildman–Crippen LogP) is 2.78. The van der Waals surface area contributed by atoms with E-state index in [1.807, 2.05) is 32.0 Å². The maximum Gasteiger partial charge on any atom is 0.234 e. The molecule has 120 valence electrons. The zero-order chi connectivity index (χ0) is 16.8. The Kier molecular flexibility index (Phi) is 5.70. The van der Waals surface area contributed by atoms with Crippen molar-refractivity contribution in [3.05, 3.63) is 41.5 Å². The van der Waals surface area contributed by atoms with Gasteiger partial charge in [-0.2, -0.15) is 0 Å². The van der Waals surface area contributed by atoms with E-state index >= 15 is 0 Å². The van der Waals surface area contributed by atoms with E-state index in [4.69, 9.17) is 0 Å². The quantitative estimate of drug-likeness (QED) is 0.824. The summed E-state index contributed by atoms with van der Waals surface area (Å²) in [7, 11) is 0. The molecule has 0 saturated carbocycles. The number of benzene rings is 1. The van der Waals surface area contributed by atoms with E-state index in [9.17, 15) is 9.59 Å². The average molecular weight is 330 g/mol. The number of aromatic nitrogens is 2. The van der Waals surface area contributed by atoms with Crippen molar-refractivity contribution in [2.24, 2.45) is 0 Å². The number of anilines is 2. The fourth-order valence-corrected chi connectivity index (χ4v) is 2.47. The van der Waals surface area contributed by atoms with Crippen LogP contribution in [0.15, 0.2) is 35.4 Å². The molecular formula is C16H18N4O2S. The molecule has 2 amide bonds. The van der Waals surface area contributed by atoms with Crippen molar-refractivity contribution in [2.75, 3.05) is 16.4 Å². The van der Waals surface area contributed by atoms with Crippen LogP contribution in [0.5, 0.6) is 0 Å². The molecule has 0 spiro atoms. The number of aryl methyl sites for hydroxylation is 1. The molecule has 2 rings (SSSR count). The summed E-state index contributed by atoms with van der Waals surface area (Å²) in [5.41, 5.74) is 3.02. The molecule has 1 heterocycles. The van der Waals surface area contributed by atoms with Crippen molar-refractivity contribution >= 4 is 35.1 Å². The fraction of sp³-hybridized carbons (Fsp3) is 0.250. The summed E-state index contributed by atoms with van der Waals surface area (Å²) in [6.07, 6.45) is 0. The van der Waals surface area contributed by atoms with E-state index in [1.165, 1.54) is 18.7 Å². The van der Waals surface area contributed by atoms with Gasteiger partial charge < -0.3 is 10.6 Å². The molecule has 2 N–H and O–H groups in total. The van der Waals surface area contributed by atoms with Crippen LogP contribution >= 0.6 is 11.8 Å². The summed E-state index contributed by atoms with van der Waals surface area (Å²) >= 11 is 1.29. The van der Waals surface area contributed by atoms with Crippen molar-refractivity contribution < 1.29 is 9.59 Å². The van der Waals surface area contributed by atoms with Crippen molar-refractivity contribution in [2.45, 2.75) is 25.8 Å². The molecule has 0 saturated heterocycles. The molecule has 6 nitrogen and oxygen atoms in total. The molecule has 0 atom stereocenters. The summed E-state index contributed by atoms with van der Waals surface area (Å²) in [6, 6.07) is 9.17. The lowest BCUT2D eigenvalue weighted by molar-refractivity contribution is -0.114. The zero-order valence-electron chi connectivity index (χ0n) is 13.2. The maximum atomic E-state index is 12.0. The van der Waals surface area contributed by atoms with Gasteiger partial charge in [0.05, 0.1) is 5.75 Å². The lowest BCUT2D eigenvalue weighted by Crippen LogP contribution is -2.15. The monoisotopic (exact) mass is 330 g/mol. The third-order valence-corrected chi connectivity index (χ3v) is 4.09. The molecule has 0 aliphatic heterocycles. The third kappa shape index (κ3) is 5.07. The highest BCUT2D eigenvalue weighted by atomic mass is 32.2.